The van der Waals surface area contributed by atoms with Crippen molar-refractivity contribution in [3.05, 3.63) is 35.4 Å². The van der Waals surface area contributed by atoms with Crippen molar-refractivity contribution >= 4 is 0 Å². The largest absolute Gasteiger partial charge is 0.311 e. The highest BCUT2D eigenvalue weighted by atomic mass is 19.2. The Morgan fingerprint density at radius 3 is 2.48 bits per heavy atom. The molecule has 2 nitrogen and oxygen atoms in total. The maximum atomic E-state index is 13.4. The zero-order valence-electron chi connectivity index (χ0n) is 12.6. The van der Waals surface area contributed by atoms with Crippen molar-refractivity contribution < 1.29 is 8.78 Å². The highest BCUT2D eigenvalue weighted by molar-refractivity contribution is 5.18. The summed E-state index contributed by atoms with van der Waals surface area (Å²) in [7, 11) is 0. The van der Waals surface area contributed by atoms with E-state index in [1.54, 1.807) is 6.07 Å². The van der Waals surface area contributed by atoms with Gasteiger partial charge in [0.2, 0.25) is 0 Å². The first-order valence-electron chi connectivity index (χ1n) is 8.09. The summed E-state index contributed by atoms with van der Waals surface area (Å²) < 4.78 is 26.4. The monoisotopic (exact) mass is 294 g/mol. The number of nitrogens with one attached hydrogen (secondary N) is 1. The van der Waals surface area contributed by atoms with Gasteiger partial charge in [-0.15, -0.1) is 0 Å². The molecule has 1 N–H and O–H groups in total. The van der Waals surface area contributed by atoms with Crippen molar-refractivity contribution in [3.8, 4) is 0 Å². The third-order valence-corrected chi connectivity index (χ3v) is 4.85. The first-order chi connectivity index (χ1) is 10.2. The summed E-state index contributed by atoms with van der Waals surface area (Å²) in [6.07, 6.45) is 6.02. The van der Waals surface area contributed by atoms with E-state index in [-0.39, 0.29) is 0 Å². The lowest BCUT2D eigenvalue weighted by Crippen LogP contribution is -2.48. The summed E-state index contributed by atoms with van der Waals surface area (Å²) in [6, 6.07) is 6.15. The molecule has 2 heterocycles. The van der Waals surface area contributed by atoms with Gasteiger partial charge in [0.25, 0.3) is 0 Å². The van der Waals surface area contributed by atoms with Crippen molar-refractivity contribution in [2.45, 2.75) is 63.7 Å². The molecule has 116 valence electrons. The molecule has 0 aliphatic carbocycles. The molecule has 21 heavy (non-hydrogen) atoms. The molecule has 4 heteroatoms. The molecule has 2 bridgehead atoms. The van der Waals surface area contributed by atoms with Crippen molar-refractivity contribution in [1.29, 1.82) is 0 Å². The summed E-state index contributed by atoms with van der Waals surface area (Å²) in [5, 5.41) is 3.66. The van der Waals surface area contributed by atoms with Gasteiger partial charge in [-0.1, -0.05) is 13.0 Å². The number of nitrogens with zero attached hydrogens (tertiary/aromatic N) is 1. The maximum Gasteiger partial charge on any atom is 0.159 e. The number of hydrogen-bond acceptors (Lipinski definition) is 2. The van der Waals surface area contributed by atoms with E-state index in [9.17, 15) is 8.78 Å². The van der Waals surface area contributed by atoms with E-state index >= 15 is 0 Å². The van der Waals surface area contributed by atoms with Crippen molar-refractivity contribution in [2.75, 3.05) is 6.54 Å². The summed E-state index contributed by atoms with van der Waals surface area (Å²) in [4.78, 5) is 2.46. The third-order valence-electron chi connectivity index (χ3n) is 4.85. The normalized spacial score (nSPS) is 28.3. The first kappa shape index (κ1) is 14.9. The van der Waals surface area contributed by atoms with Gasteiger partial charge in [-0.05, 0) is 56.3 Å². The molecule has 2 saturated heterocycles. The second-order valence-corrected chi connectivity index (χ2v) is 6.48. The van der Waals surface area contributed by atoms with Crippen LogP contribution in [0.25, 0.3) is 0 Å². The topological polar surface area (TPSA) is 15.3 Å². The molecular weight excluding hydrogens is 270 g/mol. The molecule has 0 amide bonds. The zero-order chi connectivity index (χ0) is 14.8. The fraction of sp³-hybridized carbons (Fsp3) is 0.647. The van der Waals surface area contributed by atoms with Crippen LogP contribution in [0.3, 0.4) is 0 Å². The highest BCUT2D eigenvalue weighted by Gasteiger charge is 2.35. The van der Waals surface area contributed by atoms with Crippen molar-refractivity contribution in [2.24, 2.45) is 0 Å². The van der Waals surface area contributed by atoms with Crippen molar-refractivity contribution in [3.63, 3.8) is 0 Å². The average molecular weight is 294 g/mol. The molecule has 3 rings (SSSR count). The van der Waals surface area contributed by atoms with Crippen LogP contribution in [-0.2, 0) is 6.54 Å². The highest BCUT2D eigenvalue weighted by Crippen LogP contribution is 2.30. The van der Waals surface area contributed by atoms with Crippen LogP contribution in [0.1, 0.15) is 44.6 Å². The lowest BCUT2D eigenvalue weighted by atomic mass is 9.97. The third kappa shape index (κ3) is 3.43. The molecule has 0 aromatic heterocycles. The van der Waals surface area contributed by atoms with Crippen LogP contribution >= 0.6 is 0 Å². The standard InChI is InChI=1S/C17H24F2N2/c1-2-7-21(11-12-3-6-16(18)17(19)8-12)15-9-13-4-5-14(10-15)20-13/h3,6,8,13-15,20H,2,4-5,7,9-11H2,1H3. The number of rotatable bonds is 5. The second-order valence-electron chi connectivity index (χ2n) is 6.48. The van der Waals surface area contributed by atoms with Crippen molar-refractivity contribution in [1.82, 2.24) is 10.2 Å². The van der Waals surface area contributed by atoms with Gasteiger partial charge in [-0.3, -0.25) is 4.90 Å². The molecule has 0 radical (unpaired) electrons. The Hall–Kier alpha value is -1.00. The van der Waals surface area contributed by atoms with Gasteiger partial charge in [-0.25, -0.2) is 8.78 Å². The molecule has 2 aliphatic rings. The molecule has 1 aromatic carbocycles. The molecule has 2 fully saturated rings. The molecule has 0 saturated carbocycles. The molecule has 2 unspecified atom stereocenters. The van der Waals surface area contributed by atoms with Gasteiger partial charge >= 0.3 is 0 Å². The first-order valence-corrected chi connectivity index (χ1v) is 8.09. The van der Waals surface area contributed by atoms with E-state index in [0.717, 1.165) is 25.1 Å². The fourth-order valence-electron chi connectivity index (χ4n) is 3.88. The van der Waals surface area contributed by atoms with E-state index in [1.807, 2.05) is 0 Å². The summed E-state index contributed by atoms with van der Waals surface area (Å²) >= 11 is 0. The molecular formula is C17H24F2N2. The van der Waals surface area contributed by atoms with E-state index in [4.69, 9.17) is 0 Å². The van der Waals surface area contributed by atoms with Gasteiger partial charge in [-0.2, -0.15) is 0 Å². The predicted molar refractivity (Wildman–Crippen MR) is 80.0 cm³/mol. The SMILES string of the molecule is CCCN(Cc1ccc(F)c(F)c1)C1CC2CCC(C1)N2. The zero-order valence-corrected chi connectivity index (χ0v) is 12.6. The Morgan fingerprint density at radius 2 is 1.86 bits per heavy atom. The molecule has 2 aliphatic heterocycles. The number of fused-ring (bicyclic) bond motifs is 2. The van der Waals surface area contributed by atoms with Crippen LogP contribution in [0, 0.1) is 11.6 Å². The molecule has 0 spiro atoms. The number of benzene rings is 1. The lowest BCUT2D eigenvalue weighted by molar-refractivity contribution is 0.133. The quantitative estimate of drug-likeness (QED) is 0.894. The van der Waals surface area contributed by atoms with Gasteiger partial charge in [0.05, 0.1) is 0 Å². The number of halogens is 2. The van der Waals surface area contributed by atoms with Crippen LogP contribution in [0.5, 0.6) is 0 Å². The smallest absolute Gasteiger partial charge is 0.159 e. The Balaban J connectivity index is 1.70. The average Bonchev–Trinajstić information content (AvgIpc) is 2.81. The van der Waals surface area contributed by atoms with Gasteiger partial charge in [0.15, 0.2) is 11.6 Å². The Labute approximate surface area is 125 Å². The Bertz CT molecular complexity index is 480. The molecule has 1 aromatic rings. The lowest BCUT2D eigenvalue weighted by Gasteiger charge is -2.38. The Morgan fingerprint density at radius 1 is 1.14 bits per heavy atom. The van der Waals surface area contributed by atoms with E-state index in [0.29, 0.717) is 18.1 Å². The number of hydrogen-bond donors (Lipinski definition) is 1. The fourth-order valence-corrected chi connectivity index (χ4v) is 3.88. The van der Waals surface area contributed by atoms with E-state index < -0.39 is 11.6 Å². The number of piperidine rings is 1. The minimum absolute atomic E-state index is 0.566. The minimum atomic E-state index is -0.763. The van der Waals surface area contributed by atoms with Crippen LogP contribution < -0.4 is 5.32 Å². The second kappa shape index (κ2) is 6.41. The summed E-state index contributed by atoms with van der Waals surface area (Å²) in [5.41, 5.74) is 0.869. The van der Waals surface area contributed by atoms with E-state index in [1.165, 1.54) is 37.8 Å². The summed E-state index contributed by atoms with van der Waals surface area (Å²) in [6.45, 7) is 3.91. The predicted octanol–water partition coefficient (Wildman–Crippen LogP) is 3.46. The minimum Gasteiger partial charge on any atom is -0.311 e. The van der Waals surface area contributed by atoms with Gasteiger partial charge < -0.3 is 5.32 Å². The molecule has 2 atom stereocenters. The van der Waals surface area contributed by atoms with Crippen LogP contribution in [0.2, 0.25) is 0 Å². The van der Waals surface area contributed by atoms with Crippen LogP contribution in [0.4, 0.5) is 8.78 Å². The maximum absolute atomic E-state index is 13.4. The van der Waals surface area contributed by atoms with Gasteiger partial charge in [0, 0.05) is 24.7 Å². The van der Waals surface area contributed by atoms with E-state index in [2.05, 4.69) is 17.1 Å². The van der Waals surface area contributed by atoms with Crippen LogP contribution in [0.15, 0.2) is 18.2 Å². The van der Waals surface area contributed by atoms with Gasteiger partial charge in [0.1, 0.15) is 0 Å². The Kier molecular flexibility index (Phi) is 4.55. The summed E-state index contributed by atoms with van der Waals surface area (Å²) in [5.74, 6) is -1.50. The van der Waals surface area contributed by atoms with Crippen LogP contribution in [-0.4, -0.2) is 29.6 Å².